The molecule has 0 saturated carbocycles. The number of nitrogens with one attached hydrogen (secondary N) is 1. The molecule has 1 aromatic carbocycles. The number of benzene rings is 1. The zero-order chi connectivity index (χ0) is 21.1. The number of rotatable bonds is 6. The summed E-state index contributed by atoms with van der Waals surface area (Å²) in [5.74, 6) is 0.791. The number of nitrogens with zero attached hydrogens (tertiary/aromatic N) is 1. The summed E-state index contributed by atoms with van der Waals surface area (Å²) in [5.41, 5.74) is 7.50. The minimum atomic E-state index is -0.739. The lowest BCUT2D eigenvalue weighted by molar-refractivity contribution is 0.323. The summed E-state index contributed by atoms with van der Waals surface area (Å²) < 4.78 is 21.9. The molecular formula is C21H23N3O5. The molecule has 1 aliphatic rings. The molecule has 1 atom stereocenters. The predicted octanol–water partition coefficient (Wildman–Crippen LogP) is 2.57. The van der Waals surface area contributed by atoms with Crippen LogP contribution in [0.4, 0.5) is 0 Å². The standard InChI is InChI=1S/C21H23N3O5/c1-5-6-12-9-14-18(21(25)24-12)17(13(10-22)20(23)29-14)11-7-15(26-2)19(28-4)16(8-11)27-3/h7-9,17H,5-6,23H2,1-4H3,(H,24,25). The highest BCUT2D eigenvalue weighted by atomic mass is 16.5. The molecule has 1 unspecified atom stereocenters. The van der Waals surface area contributed by atoms with E-state index >= 15 is 0 Å². The maximum atomic E-state index is 12.9. The van der Waals surface area contributed by atoms with E-state index < -0.39 is 5.92 Å². The van der Waals surface area contributed by atoms with Crippen LogP contribution in [0.3, 0.4) is 0 Å². The van der Waals surface area contributed by atoms with E-state index in [9.17, 15) is 10.1 Å². The van der Waals surface area contributed by atoms with E-state index in [0.29, 0.717) is 40.5 Å². The van der Waals surface area contributed by atoms with E-state index in [4.69, 9.17) is 24.7 Å². The summed E-state index contributed by atoms with van der Waals surface area (Å²) in [6.07, 6.45) is 1.55. The summed E-state index contributed by atoms with van der Waals surface area (Å²) in [6.45, 7) is 2.01. The summed E-state index contributed by atoms with van der Waals surface area (Å²) in [7, 11) is 4.50. The molecule has 0 spiro atoms. The van der Waals surface area contributed by atoms with E-state index in [1.165, 1.54) is 21.3 Å². The summed E-state index contributed by atoms with van der Waals surface area (Å²) in [4.78, 5) is 15.8. The molecule has 0 fully saturated rings. The number of fused-ring (bicyclic) bond motifs is 1. The molecule has 0 saturated heterocycles. The van der Waals surface area contributed by atoms with E-state index in [-0.39, 0.29) is 17.0 Å². The van der Waals surface area contributed by atoms with Crippen molar-refractivity contribution in [2.24, 2.45) is 5.73 Å². The second-order valence-electron chi connectivity index (χ2n) is 6.54. The summed E-state index contributed by atoms with van der Waals surface area (Å²) in [6, 6.07) is 7.23. The first kappa shape index (κ1) is 20.1. The smallest absolute Gasteiger partial charge is 0.256 e. The zero-order valence-corrected chi connectivity index (χ0v) is 16.8. The van der Waals surface area contributed by atoms with Crippen molar-refractivity contribution in [3.63, 3.8) is 0 Å². The number of nitrogens with two attached hydrogens (primary N) is 1. The molecule has 3 rings (SSSR count). The highest BCUT2D eigenvalue weighted by Gasteiger charge is 2.34. The van der Waals surface area contributed by atoms with Crippen molar-refractivity contribution >= 4 is 0 Å². The van der Waals surface area contributed by atoms with Gasteiger partial charge in [-0.1, -0.05) is 13.3 Å². The molecule has 0 aliphatic carbocycles. The number of allylic oxidation sites excluding steroid dienone is 1. The average molecular weight is 397 g/mol. The fourth-order valence-electron chi connectivity index (χ4n) is 3.54. The average Bonchev–Trinajstić information content (AvgIpc) is 2.71. The Labute approximate surface area is 168 Å². The number of hydrogen-bond acceptors (Lipinski definition) is 7. The third kappa shape index (κ3) is 3.47. The summed E-state index contributed by atoms with van der Waals surface area (Å²) >= 11 is 0. The van der Waals surface area contributed by atoms with Gasteiger partial charge >= 0.3 is 0 Å². The molecule has 0 radical (unpaired) electrons. The molecule has 1 aromatic heterocycles. The van der Waals surface area contributed by atoms with Crippen LogP contribution in [0.15, 0.2) is 34.4 Å². The number of aryl methyl sites for hydroxylation is 1. The van der Waals surface area contributed by atoms with Crippen molar-refractivity contribution < 1.29 is 18.9 Å². The highest BCUT2D eigenvalue weighted by Crippen LogP contribution is 2.46. The molecule has 29 heavy (non-hydrogen) atoms. The molecule has 8 heteroatoms. The normalized spacial score (nSPS) is 15.2. The molecule has 0 bridgehead atoms. The minimum absolute atomic E-state index is 0.0354. The van der Waals surface area contributed by atoms with Crippen LogP contribution in [0.25, 0.3) is 0 Å². The van der Waals surface area contributed by atoms with Crippen LogP contribution < -0.4 is 30.2 Å². The topological polar surface area (TPSA) is 120 Å². The van der Waals surface area contributed by atoms with Gasteiger partial charge in [-0.15, -0.1) is 0 Å². The van der Waals surface area contributed by atoms with Gasteiger partial charge in [0, 0.05) is 11.8 Å². The van der Waals surface area contributed by atoms with Crippen LogP contribution in [0.1, 0.15) is 36.1 Å². The lowest BCUT2D eigenvalue weighted by Gasteiger charge is -2.27. The van der Waals surface area contributed by atoms with Gasteiger partial charge in [0.05, 0.1) is 32.8 Å². The number of hydrogen-bond donors (Lipinski definition) is 2. The number of H-pyrrole nitrogens is 1. The lowest BCUT2D eigenvalue weighted by atomic mass is 9.83. The van der Waals surface area contributed by atoms with Gasteiger partial charge in [0.1, 0.15) is 17.4 Å². The van der Waals surface area contributed by atoms with Gasteiger partial charge in [-0.2, -0.15) is 5.26 Å². The van der Waals surface area contributed by atoms with Gasteiger partial charge in [-0.3, -0.25) is 4.79 Å². The van der Waals surface area contributed by atoms with E-state index in [1.54, 1.807) is 18.2 Å². The highest BCUT2D eigenvalue weighted by molar-refractivity contribution is 5.61. The first-order chi connectivity index (χ1) is 14.0. The van der Waals surface area contributed by atoms with Crippen LogP contribution >= 0.6 is 0 Å². The molecule has 1 aliphatic heterocycles. The first-order valence-electron chi connectivity index (χ1n) is 9.12. The number of methoxy groups -OCH3 is 3. The van der Waals surface area contributed by atoms with Crippen molar-refractivity contribution in [2.75, 3.05) is 21.3 Å². The van der Waals surface area contributed by atoms with E-state index in [0.717, 1.165) is 12.1 Å². The first-order valence-corrected chi connectivity index (χ1v) is 9.12. The molecular weight excluding hydrogens is 374 g/mol. The van der Waals surface area contributed by atoms with Gasteiger partial charge in [0.25, 0.3) is 5.56 Å². The van der Waals surface area contributed by atoms with Gasteiger partial charge in [-0.05, 0) is 24.1 Å². The van der Waals surface area contributed by atoms with Crippen LogP contribution in [-0.2, 0) is 6.42 Å². The quantitative estimate of drug-likeness (QED) is 0.769. The fraction of sp³-hybridized carbons (Fsp3) is 0.333. The lowest BCUT2D eigenvalue weighted by Crippen LogP contribution is -2.28. The predicted molar refractivity (Wildman–Crippen MR) is 106 cm³/mol. The Kier molecular flexibility index (Phi) is 5.69. The van der Waals surface area contributed by atoms with Crippen LogP contribution in [-0.4, -0.2) is 26.3 Å². The number of nitriles is 1. The monoisotopic (exact) mass is 397 g/mol. The third-order valence-electron chi connectivity index (χ3n) is 4.81. The van der Waals surface area contributed by atoms with Crippen LogP contribution in [0, 0.1) is 11.3 Å². The van der Waals surface area contributed by atoms with E-state index in [2.05, 4.69) is 11.1 Å². The number of pyridine rings is 1. The Balaban J connectivity index is 2.29. The Bertz CT molecular complexity index is 1040. The Hall–Kier alpha value is -3.60. The molecule has 2 aromatic rings. The van der Waals surface area contributed by atoms with Crippen molar-refractivity contribution in [3.05, 3.63) is 56.8 Å². The van der Waals surface area contributed by atoms with Crippen molar-refractivity contribution in [3.8, 4) is 29.1 Å². The SMILES string of the molecule is CCCc1cc2c(c(=O)[nH]1)C(c1cc(OC)c(OC)c(OC)c1)C(C#N)=C(N)O2. The summed E-state index contributed by atoms with van der Waals surface area (Å²) in [5, 5.41) is 9.73. The zero-order valence-electron chi connectivity index (χ0n) is 16.8. The minimum Gasteiger partial charge on any atom is -0.493 e. The molecule has 8 nitrogen and oxygen atoms in total. The van der Waals surface area contributed by atoms with Crippen LogP contribution in [0.2, 0.25) is 0 Å². The Morgan fingerprint density at radius 1 is 1.17 bits per heavy atom. The molecule has 152 valence electrons. The maximum Gasteiger partial charge on any atom is 0.256 e. The van der Waals surface area contributed by atoms with Gasteiger partial charge in [-0.25, -0.2) is 0 Å². The number of ether oxygens (including phenoxy) is 4. The Morgan fingerprint density at radius 2 is 1.83 bits per heavy atom. The maximum absolute atomic E-state index is 12.9. The molecule has 2 heterocycles. The third-order valence-corrected chi connectivity index (χ3v) is 4.81. The Morgan fingerprint density at radius 3 is 2.34 bits per heavy atom. The number of aromatic amines is 1. The van der Waals surface area contributed by atoms with Crippen molar-refractivity contribution in [1.82, 2.24) is 4.98 Å². The largest absolute Gasteiger partial charge is 0.493 e. The van der Waals surface area contributed by atoms with E-state index in [1.807, 2.05) is 6.92 Å². The van der Waals surface area contributed by atoms with Crippen LogP contribution in [0.5, 0.6) is 23.0 Å². The second-order valence-corrected chi connectivity index (χ2v) is 6.54. The molecule has 3 N–H and O–H groups in total. The van der Waals surface area contributed by atoms with Gasteiger partial charge < -0.3 is 29.7 Å². The fourth-order valence-corrected chi connectivity index (χ4v) is 3.54. The van der Waals surface area contributed by atoms with Gasteiger partial charge in [0.2, 0.25) is 11.6 Å². The van der Waals surface area contributed by atoms with Crippen molar-refractivity contribution in [1.29, 1.82) is 5.26 Å². The van der Waals surface area contributed by atoms with Gasteiger partial charge in [0.15, 0.2) is 11.5 Å². The van der Waals surface area contributed by atoms with Crippen molar-refractivity contribution in [2.45, 2.75) is 25.7 Å². The second kappa shape index (κ2) is 8.19. The molecule has 0 amide bonds. The number of aromatic nitrogens is 1.